The van der Waals surface area contributed by atoms with Gasteiger partial charge in [-0.2, -0.15) is 0 Å². The number of hydrogen-bond donors (Lipinski definition) is 2. The fraction of sp³-hybridized carbons (Fsp3) is 0.839. The van der Waals surface area contributed by atoms with Crippen LogP contribution in [0, 0.1) is 5.92 Å². The second-order valence-corrected chi connectivity index (χ2v) is 20.8. The zero-order chi connectivity index (χ0) is 31.3. The Kier molecular flexibility index (Phi) is 24.0. The molecule has 2 heterocycles. The number of unbranched alkanes of at least 4 members (excludes halogenated alkanes) is 13. The van der Waals surface area contributed by atoms with E-state index < -0.39 is 17.9 Å². The van der Waals surface area contributed by atoms with Crippen molar-refractivity contribution in [2.75, 3.05) is 0 Å². The minimum atomic E-state index is -0.914. The largest absolute Gasteiger partial charge is 0.481 e. The lowest BCUT2D eigenvalue weighted by molar-refractivity contribution is -0.144. The van der Waals surface area contributed by atoms with Gasteiger partial charge in [-0.15, -0.1) is 0 Å². The number of carbonyl (C=O) groups excluding carboxylic acids is 3. The molecular formula is C31H52O7S6. The average molecular weight is 729 g/mol. The van der Waals surface area contributed by atoms with Crippen LogP contribution in [0.1, 0.15) is 149 Å². The minimum Gasteiger partial charge on any atom is -0.481 e. The Labute approximate surface area is 288 Å². The number of rotatable bonds is 28. The summed E-state index contributed by atoms with van der Waals surface area (Å²) in [7, 11) is 10.4. The summed E-state index contributed by atoms with van der Waals surface area (Å²) in [5, 5.41) is 18.2. The molecule has 0 bridgehead atoms. The van der Waals surface area contributed by atoms with Crippen LogP contribution in [0.2, 0.25) is 0 Å². The van der Waals surface area contributed by atoms with Crippen LogP contribution in [-0.2, 0) is 24.0 Å². The summed E-state index contributed by atoms with van der Waals surface area (Å²) in [5.41, 5.74) is 0. The van der Waals surface area contributed by atoms with E-state index in [9.17, 15) is 29.1 Å². The highest BCUT2D eigenvalue weighted by molar-refractivity contribution is 9.14. The van der Waals surface area contributed by atoms with Gasteiger partial charge in [0, 0.05) is 38.5 Å². The van der Waals surface area contributed by atoms with E-state index >= 15 is 0 Å². The van der Waals surface area contributed by atoms with Crippen molar-refractivity contribution in [1.29, 1.82) is 0 Å². The Bertz CT molecular complexity index is 874. The lowest BCUT2D eigenvalue weighted by atomic mass is 9.93. The average Bonchev–Trinajstić information content (AvgIpc) is 3.73. The van der Waals surface area contributed by atoms with Gasteiger partial charge in [-0.3, -0.25) is 24.0 Å². The number of ketones is 3. The van der Waals surface area contributed by atoms with Crippen LogP contribution in [-0.4, -0.2) is 46.8 Å². The molecule has 2 aliphatic rings. The number of aliphatic carboxylic acids is 2. The molecule has 2 saturated heterocycles. The summed E-state index contributed by atoms with van der Waals surface area (Å²) in [6.45, 7) is 0. The normalized spacial score (nSPS) is 16.3. The van der Waals surface area contributed by atoms with Crippen LogP contribution >= 0.6 is 64.8 Å². The number of carboxylic acid groups (broad SMARTS) is 2. The van der Waals surface area contributed by atoms with Crippen LogP contribution in [0.15, 0.2) is 0 Å². The molecule has 2 N–H and O–H groups in total. The first-order valence-electron chi connectivity index (χ1n) is 15.8. The highest BCUT2D eigenvalue weighted by atomic mass is 33.2. The van der Waals surface area contributed by atoms with Crippen molar-refractivity contribution < 1.29 is 34.2 Å². The molecule has 0 aliphatic carbocycles. The van der Waals surface area contributed by atoms with Crippen molar-refractivity contribution in [2.24, 2.45) is 5.92 Å². The van der Waals surface area contributed by atoms with E-state index in [2.05, 4.69) is 0 Å². The van der Waals surface area contributed by atoms with Gasteiger partial charge in [-0.25, -0.2) is 0 Å². The zero-order valence-corrected chi connectivity index (χ0v) is 30.0. The van der Waals surface area contributed by atoms with Gasteiger partial charge in [0.1, 0.15) is 16.1 Å². The first kappa shape index (κ1) is 42.1. The molecule has 1 atom stereocenters. The third-order valence-electron chi connectivity index (χ3n) is 7.54. The maximum atomic E-state index is 12.4. The summed E-state index contributed by atoms with van der Waals surface area (Å²) < 4.78 is 0.0674. The van der Waals surface area contributed by atoms with Gasteiger partial charge in [0.2, 0.25) is 0 Å². The Hall–Kier alpha value is 0.0500. The van der Waals surface area contributed by atoms with Crippen LogP contribution in [0.4, 0.5) is 0 Å². The SMILES string of the molecule is C.O=C(O)CCCCCCCCCCCCCCC(=O)CC(CCCCCC(=O)CCC(=O)C1SSC2(SS1)SS2)C(=O)O. The van der Waals surface area contributed by atoms with E-state index in [1.165, 1.54) is 38.5 Å². The molecule has 2 fully saturated rings. The maximum absolute atomic E-state index is 12.4. The Morgan fingerprint density at radius 2 is 1.00 bits per heavy atom. The summed E-state index contributed by atoms with van der Waals surface area (Å²) >= 11 is 0. The van der Waals surface area contributed by atoms with Gasteiger partial charge >= 0.3 is 11.9 Å². The van der Waals surface area contributed by atoms with Gasteiger partial charge in [-0.1, -0.05) is 106 Å². The van der Waals surface area contributed by atoms with E-state index in [-0.39, 0.29) is 51.4 Å². The molecule has 44 heavy (non-hydrogen) atoms. The molecule has 0 radical (unpaired) electrons. The molecule has 0 aromatic rings. The molecule has 254 valence electrons. The molecular weight excluding hydrogens is 677 g/mol. The summed E-state index contributed by atoms with van der Waals surface area (Å²) in [6, 6.07) is 0. The first-order valence-corrected chi connectivity index (χ1v) is 22.3. The Balaban J connectivity index is 0.00000968. The van der Waals surface area contributed by atoms with Crippen molar-refractivity contribution in [3.8, 4) is 0 Å². The number of Topliss-reactive ketones (excluding diaryl/α,β-unsaturated/α-hetero) is 3. The van der Waals surface area contributed by atoms with E-state index in [0.717, 1.165) is 44.9 Å². The second-order valence-electron chi connectivity index (χ2n) is 11.4. The predicted octanol–water partition coefficient (Wildman–Crippen LogP) is 10.8. The number of carbonyl (C=O) groups is 5. The molecule has 0 amide bonds. The van der Waals surface area contributed by atoms with Gasteiger partial charge in [0.05, 0.1) is 5.92 Å². The lowest BCUT2D eigenvalue weighted by Crippen LogP contribution is -2.18. The predicted molar refractivity (Wildman–Crippen MR) is 194 cm³/mol. The fourth-order valence-electron chi connectivity index (χ4n) is 4.88. The van der Waals surface area contributed by atoms with Gasteiger partial charge in [0.15, 0.2) is 8.53 Å². The molecule has 1 spiro atoms. The molecule has 0 aromatic carbocycles. The monoisotopic (exact) mass is 728 g/mol. The van der Waals surface area contributed by atoms with Crippen molar-refractivity contribution in [2.45, 2.75) is 156 Å². The standard InChI is InChI=1S/C30H48O7S6.CH4/c31-24(20-21-26(33)29-38-40-30(41-39-29)42-43-30)17-14-11-12-16-23(28(36)37)22-25(32)18-13-9-7-5-3-1-2-4-6-8-10-15-19-27(34)35;/h23,29H,1-22H2,(H,34,35)(H,36,37);1H4. The van der Waals surface area contributed by atoms with Crippen molar-refractivity contribution in [1.82, 2.24) is 0 Å². The highest BCUT2D eigenvalue weighted by Gasteiger charge is 2.53. The molecule has 0 aromatic heterocycles. The highest BCUT2D eigenvalue weighted by Crippen LogP contribution is 2.84. The van der Waals surface area contributed by atoms with Crippen LogP contribution in [0.25, 0.3) is 0 Å². The van der Waals surface area contributed by atoms with Crippen LogP contribution < -0.4 is 0 Å². The molecule has 13 heteroatoms. The number of carboxylic acids is 2. The third kappa shape index (κ3) is 20.3. The van der Waals surface area contributed by atoms with Gasteiger partial charge in [-0.05, 0) is 68.9 Å². The quantitative estimate of drug-likeness (QED) is 0.0451. The van der Waals surface area contributed by atoms with Crippen molar-refractivity contribution >= 4 is 94.1 Å². The van der Waals surface area contributed by atoms with E-state index in [0.29, 0.717) is 38.5 Å². The summed E-state index contributed by atoms with van der Waals surface area (Å²) in [5.74, 6) is -2.01. The topological polar surface area (TPSA) is 126 Å². The van der Waals surface area contributed by atoms with Crippen LogP contribution in [0.3, 0.4) is 0 Å². The minimum absolute atomic E-state index is 0. The fourth-order valence-corrected chi connectivity index (χ4v) is 18.2. The van der Waals surface area contributed by atoms with E-state index in [1.54, 1.807) is 43.2 Å². The smallest absolute Gasteiger partial charge is 0.306 e. The number of hydrogen-bond acceptors (Lipinski definition) is 11. The molecule has 2 rings (SSSR count). The third-order valence-corrected chi connectivity index (χ3v) is 21.2. The Morgan fingerprint density at radius 1 is 0.545 bits per heavy atom. The summed E-state index contributed by atoms with van der Waals surface area (Å²) in [4.78, 5) is 59.2. The van der Waals surface area contributed by atoms with Crippen molar-refractivity contribution in [3.63, 3.8) is 0 Å². The van der Waals surface area contributed by atoms with E-state index in [1.807, 2.05) is 21.6 Å². The molecule has 7 nitrogen and oxygen atoms in total. The molecule has 2 aliphatic heterocycles. The second kappa shape index (κ2) is 25.1. The van der Waals surface area contributed by atoms with Gasteiger partial charge < -0.3 is 10.2 Å². The molecule has 0 saturated carbocycles. The zero-order valence-electron chi connectivity index (χ0n) is 25.1. The summed E-state index contributed by atoms with van der Waals surface area (Å²) in [6.07, 6.45) is 17.4. The van der Waals surface area contributed by atoms with E-state index in [4.69, 9.17) is 5.11 Å². The maximum Gasteiger partial charge on any atom is 0.306 e. The van der Waals surface area contributed by atoms with Crippen molar-refractivity contribution in [3.05, 3.63) is 0 Å². The van der Waals surface area contributed by atoms with Crippen LogP contribution in [0.5, 0.6) is 0 Å². The first-order chi connectivity index (χ1) is 20.7. The molecule has 1 unspecified atom stereocenters. The van der Waals surface area contributed by atoms with Gasteiger partial charge in [0.25, 0.3) is 0 Å². The Morgan fingerprint density at radius 3 is 1.48 bits per heavy atom. The lowest BCUT2D eigenvalue weighted by Gasteiger charge is -2.22.